The quantitative estimate of drug-likeness (QED) is 0.838. The number of nitrogen functional groups attached to an aromatic ring is 1. The van der Waals surface area contributed by atoms with Gasteiger partial charge in [-0.25, -0.2) is 4.98 Å². The van der Waals surface area contributed by atoms with Crippen molar-refractivity contribution in [2.75, 3.05) is 25.4 Å². The van der Waals surface area contributed by atoms with Crippen LogP contribution >= 0.6 is 0 Å². The molecular formula is C12H20N4. The van der Waals surface area contributed by atoms with Crippen molar-refractivity contribution in [1.82, 2.24) is 14.5 Å². The topological polar surface area (TPSA) is 47.1 Å². The van der Waals surface area contributed by atoms with Crippen LogP contribution in [-0.4, -0.2) is 34.1 Å². The monoisotopic (exact) mass is 220 g/mol. The molecule has 2 N–H and O–H groups in total. The minimum absolute atomic E-state index is 0.301. The summed E-state index contributed by atoms with van der Waals surface area (Å²) < 4.78 is 2.25. The van der Waals surface area contributed by atoms with Crippen LogP contribution in [0.3, 0.4) is 0 Å². The first kappa shape index (κ1) is 10.1. The van der Waals surface area contributed by atoms with Gasteiger partial charge < -0.3 is 15.2 Å². The van der Waals surface area contributed by atoms with E-state index in [2.05, 4.69) is 14.5 Å². The summed E-state index contributed by atoms with van der Waals surface area (Å²) in [5.41, 5.74) is 6.02. The lowest BCUT2D eigenvalue weighted by Gasteiger charge is -2.45. The van der Waals surface area contributed by atoms with E-state index in [1.165, 1.54) is 51.7 Å². The molecule has 1 saturated carbocycles. The number of aromatic nitrogens is 2. The number of nitrogens with zero attached hydrogens (tertiary/aromatic N) is 3. The second-order valence-electron chi connectivity index (χ2n) is 5.27. The van der Waals surface area contributed by atoms with Crippen molar-refractivity contribution in [3.05, 3.63) is 12.5 Å². The Morgan fingerprint density at radius 2 is 2.00 bits per heavy atom. The number of rotatable bonds is 3. The smallest absolute Gasteiger partial charge is 0.141 e. The summed E-state index contributed by atoms with van der Waals surface area (Å²) in [5.74, 6) is 0.646. The predicted molar refractivity (Wildman–Crippen MR) is 64.1 cm³/mol. The van der Waals surface area contributed by atoms with Gasteiger partial charge in [-0.15, -0.1) is 0 Å². The van der Waals surface area contributed by atoms with Crippen LogP contribution < -0.4 is 5.73 Å². The molecule has 0 atom stereocenters. The summed E-state index contributed by atoms with van der Waals surface area (Å²) in [6.45, 7) is 3.72. The number of imidazole rings is 1. The van der Waals surface area contributed by atoms with E-state index < -0.39 is 0 Å². The lowest BCUT2D eigenvalue weighted by molar-refractivity contribution is 0.0873. The van der Waals surface area contributed by atoms with Gasteiger partial charge in [0.2, 0.25) is 0 Å². The minimum atomic E-state index is 0.301. The summed E-state index contributed by atoms with van der Waals surface area (Å²) in [6.07, 6.45) is 10.5. The minimum Gasteiger partial charge on any atom is -0.382 e. The molecule has 4 nitrogen and oxygen atoms in total. The first-order valence-electron chi connectivity index (χ1n) is 6.31. The van der Waals surface area contributed by atoms with E-state index in [-0.39, 0.29) is 0 Å². The van der Waals surface area contributed by atoms with Gasteiger partial charge in [0.15, 0.2) is 0 Å². The Labute approximate surface area is 96.4 Å². The maximum Gasteiger partial charge on any atom is 0.141 e. The fraction of sp³-hybridized carbons (Fsp3) is 0.750. The Bertz CT molecular complexity index is 361. The Morgan fingerprint density at radius 3 is 2.50 bits per heavy atom. The Hall–Kier alpha value is -1.03. The fourth-order valence-corrected chi connectivity index (χ4v) is 3.04. The molecule has 1 aliphatic carbocycles. The molecule has 2 fully saturated rings. The van der Waals surface area contributed by atoms with E-state index in [0.717, 1.165) is 0 Å². The second kappa shape index (κ2) is 3.77. The summed E-state index contributed by atoms with van der Waals surface area (Å²) in [5, 5.41) is 0. The van der Waals surface area contributed by atoms with Gasteiger partial charge >= 0.3 is 0 Å². The van der Waals surface area contributed by atoms with Crippen LogP contribution in [0, 0.1) is 0 Å². The maximum atomic E-state index is 5.72. The van der Waals surface area contributed by atoms with Gasteiger partial charge in [-0.3, -0.25) is 0 Å². The third-order valence-corrected chi connectivity index (χ3v) is 4.15. The van der Waals surface area contributed by atoms with Crippen molar-refractivity contribution in [1.29, 1.82) is 0 Å². The number of hydrogen-bond acceptors (Lipinski definition) is 3. The summed E-state index contributed by atoms with van der Waals surface area (Å²) in [6, 6.07) is 0. The van der Waals surface area contributed by atoms with Crippen LogP contribution in [0.25, 0.3) is 0 Å². The Balaban J connectivity index is 1.77. The van der Waals surface area contributed by atoms with Crippen molar-refractivity contribution < 1.29 is 0 Å². The molecule has 1 saturated heterocycles. The van der Waals surface area contributed by atoms with Crippen LogP contribution in [-0.2, 0) is 5.54 Å². The Kier molecular flexibility index (Phi) is 2.39. The molecule has 0 bridgehead atoms. The number of nitrogens with two attached hydrogens (primary N) is 1. The summed E-state index contributed by atoms with van der Waals surface area (Å²) in [7, 11) is 0. The molecule has 0 radical (unpaired) electrons. The van der Waals surface area contributed by atoms with Crippen molar-refractivity contribution in [3.63, 3.8) is 0 Å². The molecule has 2 aliphatic rings. The predicted octanol–water partition coefficient (Wildman–Crippen LogP) is 1.44. The zero-order chi connectivity index (χ0) is 11.0. The highest BCUT2D eigenvalue weighted by atomic mass is 15.2. The van der Waals surface area contributed by atoms with Gasteiger partial charge in [-0.05, 0) is 45.2 Å². The van der Waals surface area contributed by atoms with Crippen LogP contribution in [0.2, 0.25) is 0 Å². The molecule has 1 aromatic rings. The first-order chi connectivity index (χ1) is 7.78. The number of anilines is 1. The molecule has 4 heteroatoms. The van der Waals surface area contributed by atoms with Crippen molar-refractivity contribution >= 4 is 5.82 Å². The number of likely N-dealkylation sites (tertiary alicyclic amines) is 1. The molecule has 16 heavy (non-hydrogen) atoms. The van der Waals surface area contributed by atoms with Crippen LogP contribution in [0.15, 0.2) is 12.5 Å². The van der Waals surface area contributed by atoms with E-state index in [1.54, 1.807) is 0 Å². The Morgan fingerprint density at radius 1 is 1.25 bits per heavy atom. The molecule has 0 amide bonds. The number of hydrogen-bond donors (Lipinski definition) is 1. The SMILES string of the molecule is Nc1cn(C2(CN3CCCC3)CCC2)cn1. The van der Waals surface area contributed by atoms with Gasteiger partial charge in [-0.2, -0.15) is 0 Å². The highest BCUT2D eigenvalue weighted by Gasteiger charge is 2.40. The van der Waals surface area contributed by atoms with E-state index in [9.17, 15) is 0 Å². The van der Waals surface area contributed by atoms with E-state index >= 15 is 0 Å². The van der Waals surface area contributed by atoms with Crippen molar-refractivity contribution in [2.45, 2.75) is 37.6 Å². The largest absolute Gasteiger partial charge is 0.382 e. The molecule has 2 heterocycles. The first-order valence-corrected chi connectivity index (χ1v) is 6.31. The molecule has 1 aromatic heterocycles. The molecule has 0 spiro atoms. The highest BCUT2D eigenvalue weighted by Crippen LogP contribution is 2.40. The third kappa shape index (κ3) is 1.61. The summed E-state index contributed by atoms with van der Waals surface area (Å²) in [4.78, 5) is 6.75. The second-order valence-corrected chi connectivity index (χ2v) is 5.27. The van der Waals surface area contributed by atoms with Gasteiger partial charge in [0.05, 0.1) is 11.9 Å². The van der Waals surface area contributed by atoms with Gasteiger partial charge in [-0.1, -0.05) is 0 Å². The standard InChI is InChI=1S/C12H20N4/c13-11-8-16(10-14-11)12(4-3-5-12)9-15-6-1-2-7-15/h8,10H,1-7,9,13H2. The average molecular weight is 220 g/mol. The van der Waals surface area contributed by atoms with E-state index in [1.807, 2.05) is 12.5 Å². The van der Waals surface area contributed by atoms with Crippen LogP contribution in [0.4, 0.5) is 5.82 Å². The van der Waals surface area contributed by atoms with E-state index in [4.69, 9.17) is 5.73 Å². The molecule has 3 rings (SSSR count). The molecule has 0 unspecified atom stereocenters. The zero-order valence-electron chi connectivity index (χ0n) is 9.73. The van der Waals surface area contributed by atoms with Gasteiger partial charge in [0, 0.05) is 12.7 Å². The van der Waals surface area contributed by atoms with Crippen molar-refractivity contribution in [3.8, 4) is 0 Å². The van der Waals surface area contributed by atoms with Gasteiger partial charge in [0.1, 0.15) is 5.82 Å². The van der Waals surface area contributed by atoms with Crippen LogP contribution in [0.1, 0.15) is 32.1 Å². The zero-order valence-corrected chi connectivity index (χ0v) is 9.73. The van der Waals surface area contributed by atoms with Crippen LogP contribution in [0.5, 0.6) is 0 Å². The average Bonchev–Trinajstić information content (AvgIpc) is 2.82. The fourth-order valence-electron chi connectivity index (χ4n) is 3.04. The maximum absolute atomic E-state index is 5.72. The van der Waals surface area contributed by atoms with Crippen molar-refractivity contribution in [2.24, 2.45) is 0 Å². The molecule has 0 aromatic carbocycles. The highest BCUT2D eigenvalue weighted by molar-refractivity contribution is 5.24. The molecule has 1 aliphatic heterocycles. The lowest BCUT2D eigenvalue weighted by Crippen LogP contribution is -2.48. The summed E-state index contributed by atoms with van der Waals surface area (Å²) >= 11 is 0. The van der Waals surface area contributed by atoms with E-state index in [0.29, 0.717) is 11.4 Å². The normalized spacial score (nSPS) is 24.5. The third-order valence-electron chi connectivity index (χ3n) is 4.15. The lowest BCUT2D eigenvalue weighted by atomic mass is 9.76. The molecule has 88 valence electrons. The van der Waals surface area contributed by atoms with Gasteiger partial charge in [0.25, 0.3) is 0 Å². The molecular weight excluding hydrogens is 200 g/mol.